The first-order valence-corrected chi connectivity index (χ1v) is 8.57. The van der Waals surface area contributed by atoms with Gasteiger partial charge in [0, 0.05) is 0 Å². The van der Waals surface area contributed by atoms with Crippen LogP contribution in [0.25, 0.3) is 0 Å². The van der Waals surface area contributed by atoms with Gasteiger partial charge in [0.15, 0.2) is 4.73 Å². The Bertz CT molecular complexity index is 693. The van der Waals surface area contributed by atoms with E-state index >= 15 is 0 Å². The second-order valence-corrected chi connectivity index (χ2v) is 7.54. The summed E-state index contributed by atoms with van der Waals surface area (Å²) in [6.07, 6.45) is 0. The molecule has 2 aromatic rings. The first-order valence-electron chi connectivity index (χ1n) is 4.75. The van der Waals surface area contributed by atoms with Crippen molar-refractivity contribution in [3.63, 3.8) is 0 Å². The van der Waals surface area contributed by atoms with Crippen LogP contribution in [0.15, 0.2) is 43.1 Å². The number of rotatable bonds is 2. The molecule has 1 aromatic heterocycles. The Morgan fingerprint density at radius 1 is 1.11 bits per heavy atom. The maximum Gasteiger partial charge on any atom is 0.270 e. The molecule has 0 aliphatic heterocycles. The lowest BCUT2D eigenvalue weighted by Gasteiger charge is -2.08. The standard InChI is InChI=1S/C10H7Br3N2O2S/c1-6-2-4-7(5-3-6)18(16,17)15-9(12)8(11)14-10(15)13/h2-5H,1H3. The molecular weight excluding hydrogens is 452 g/mol. The molecule has 0 fully saturated rings. The number of benzene rings is 1. The molecule has 96 valence electrons. The maximum atomic E-state index is 12.4. The van der Waals surface area contributed by atoms with Crippen molar-refractivity contribution in [2.24, 2.45) is 0 Å². The highest BCUT2D eigenvalue weighted by Crippen LogP contribution is 2.30. The Morgan fingerprint density at radius 2 is 1.67 bits per heavy atom. The first kappa shape index (κ1) is 14.2. The molecule has 0 saturated heterocycles. The number of nitrogens with zero attached hydrogens (tertiary/aromatic N) is 2. The van der Waals surface area contributed by atoms with E-state index in [4.69, 9.17) is 0 Å². The molecule has 0 unspecified atom stereocenters. The van der Waals surface area contributed by atoms with Gasteiger partial charge in [0.05, 0.1) is 4.90 Å². The summed E-state index contributed by atoms with van der Waals surface area (Å²) in [5.41, 5.74) is 0.999. The molecule has 2 rings (SSSR count). The molecule has 0 spiro atoms. The van der Waals surface area contributed by atoms with Gasteiger partial charge < -0.3 is 0 Å². The maximum absolute atomic E-state index is 12.4. The molecule has 1 heterocycles. The van der Waals surface area contributed by atoms with E-state index in [9.17, 15) is 8.42 Å². The van der Waals surface area contributed by atoms with Crippen LogP contribution in [-0.2, 0) is 10.0 Å². The third-order valence-corrected chi connectivity index (χ3v) is 6.79. The average Bonchev–Trinajstić information content (AvgIpc) is 2.54. The van der Waals surface area contributed by atoms with Crippen molar-refractivity contribution in [3.8, 4) is 0 Å². The van der Waals surface area contributed by atoms with Crippen LogP contribution in [0.2, 0.25) is 0 Å². The monoisotopic (exact) mass is 456 g/mol. The van der Waals surface area contributed by atoms with Crippen LogP contribution >= 0.6 is 47.8 Å². The highest BCUT2D eigenvalue weighted by molar-refractivity contribution is 9.13. The van der Waals surface area contributed by atoms with Gasteiger partial charge in [-0.15, -0.1) is 0 Å². The van der Waals surface area contributed by atoms with E-state index in [-0.39, 0.29) is 9.63 Å². The average molecular weight is 459 g/mol. The van der Waals surface area contributed by atoms with E-state index in [0.717, 1.165) is 9.54 Å². The second-order valence-electron chi connectivity index (χ2n) is 3.54. The number of halogens is 3. The Kier molecular flexibility index (Phi) is 4.01. The van der Waals surface area contributed by atoms with Crippen LogP contribution in [0, 0.1) is 6.92 Å². The number of hydrogen-bond donors (Lipinski definition) is 0. The van der Waals surface area contributed by atoms with Gasteiger partial charge in [0.25, 0.3) is 10.0 Å². The van der Waals surface area contributed by atoms with E-state index in [1.165, 1.54) is 0 Å². The number of hydrogen-bond acceptors (Lipinski definition) is 3. The molecular formula is C10H7Br3N2O2S. The summed E-state index contributed by atoms with van der Waals surface area (Å²) < 4.78 is 26.9. The van der Waals surface area contributed by atoms with E-state index in [1.54, 1.807) is 24.3 Å². The fourth-order valence-electron chi connectivity index (χ4n) is 1.36. The molecule has 8 heteroatoms. The Balaban J connectivity index is 2.65. The van der Waals surface area contributed by atoms with Gasteiger partial charge in [-0.05, 0) is 66.8 Å². The van der Waals surface area contributed by atoms with Crippen LogP contribution in [0.3, 0.4) is 0 Å². The molecule has 0 amide bonds. The zero-order chi connectivity index (χ0) is 13.5. The van der Waals surface area contributed by atoms with Crippen molar-refractivity contribution in [2.75, 3.05) is 0 Å². The predicted molar refractivity (Wildman–Crippen MR) is 79.1 cm³/mol. The highest BCUT2D eigenvalue weighted by atomic mass is 79.9. The summed E-state index contributed by atoms with van der Waals surface area (Å²) in [7, 11) is -3.67. The lowest BCUT2D eigenvalue weighted by atomic mass is 10.2. The van der Waals surface area contributed by atoms with Crippen LogP contribution in [0.1, 0.15) is 5.56 Å². The van der Waals surface area contributed by atoms with Crippen LogP contribution < -0.4 is 0 Å². The second kappa shape index (κ2) is 5.07. The van der Waals surface area contributed by atoms with Gasteiger partial charge >= 0.3 is 0 Å². The van der Waals surface area contributed by atoms with Gasteiger partial charge in [-0.1, -0.05) is 17.7 Å². The zero-order valence-electron chi connectivity index (χ0n) is 9.06. The summed E-state index contributed by atoms with van der Waals surface area (Å²) >= 11 is 9.49. The minimum atomic E-state index is -3.67. The van der Waals surface area contributed by atoms with Gasteiger partial charge in [-0.3, -0.25) is 0 Å². The third-order valence-electron chi connectivity index (χ3n) is 2.27. The quantitative estimate of drug-likeness (QED) is 0.689. The molecule has 0 saturated carbocycles. The highest BCUT2D eigenvalue weighted by Gasteiger charge is 2.24. The van der Waals surface area contributed by atoms with Gasteiger partial charge in [0.2, 0.25) is 0 Å². The molecule has 4 nitrogen and oxygen atoms in total. The summed E-state index contributed by atoms with van der Waals surface area (Å²) in [6.45, 7) is 1.90. The van der Waals surface area contributed by atoms with Crippen molar-refractivity contribution in [1.29, 1.82) is 0 Å². The van der Waals surface area contributed by atoms with E-state index in [1.807, 2.05) is 6.92 Å². The van der Waals surface area contributed by atoms with Crippen LogP contribution in [0.5, 0.6) is 0 Å². The van der Waals surface area contributed by atoms with E-state index < -0.39 is 10.0 Å². The SMILES string of the molecule is Cc1ccc(S(=O)(=O)n2c(Br)nc(Br)c2Br)cc1. The molecule has 0 atom stereocenters. The third kappa shape index (κ3) is 2.43. The number of aromatic nitrogens is 2. The van der Waals surface area contributed by atoms with Crippen LogP contribution in [-0.4, -0.2) is 17.4 Å². The Morgan fingerprint density at radius 3 is 2.11 bits per heavy atom. The topological polar surface area (TPSA) is 52.0 Å². The molecule has 0 N–H and O–H groups in total. The summed E-state index contributed by atoms with van der Waals surface area (Å²) in [5.74, 6) is 0. The molecule has 0 bridgehead atoms. The van der Waals surface area contributed by atoms with Crippen molar-refractivity contribution in [1.82, 2.24) is 8.96 Å². The minimum absolute atomic E-state index is 0.208. The number of imidazole rings is 1. The lowest BCUT2D eigenvalue weighted by molar-refractivity contribution is 0.585. The van der Waals surface area contributed by atoms with Crippen molar-refractivity contribution < 1.29 is 8.42 Å². The van der Waals surface area contributed by atoms with Crippen LogP contribution in [0.4, 0.5) is 0 Å². The lowest BCUT2D eigenvalue weighted by Crippen LogP contribution is -2.13. The molecule has 0 radical (unpaired) electrons. The van der Waals surface area contributed by atoms with Gasteiger partial charge in [0.1, 0.15) is 9.21 Å². The zero-order valence-corrected chi connectivity index (χ0v) is 14.6. The number of aryl methyl sites for hydroxylation is 1. The summed E-state index contributed by atoms with van der Waals surface area (Å²) in [4.78, 5) is 4.20. The van der Waals surface area contributed by atoms with Crippen molar-refractivity contribution in [3.05, 3.63) is 43.8 Å². The smallest absolute Gasteiger partial charge is 0.213 e. The van der Waals surface area contributed by atoms with E-state index in [2.05, 4.69) is 52.8 Å². The normalized spacial score (nSPS) is 11.8. The Labute approximate surface area is 130 Å². The summed E-state index contributed by atoms with van der Waals surface area (Å²) in [5, 5.41) is 0. The van der Waals surface area contributed by atoms with Crippen molar-refractivity contribution in [2.45, 2.75) is 11.8 Å². The minimum Gasteiger partial charge on any atom is -0.213 e. The van der Waals surface area contributed by atoms with Gasteiger partial charge in [-0.2, -0.15) is 0 Å². The molecule has 18 heavy (non-hydrogen) atoms. The van der Waals surface area contributed by atoms with Crippen molar-refractivity contribution >= 4 is 57.8 Å². The molecule has 0 aliphatic rings. The largest absolute Gasteiger partial charge is 0.270 e. The van der Waals surface area contributed by atoms with E-state index in [0.29, 0.717) is 9.21 Å². The summed E-state index contributed by atoms with van der Waals surface area (Å²) in [6, 6.07) is 6.64. The fraction of sp³-hybridized carbons (Fsp3) is 0.100. The predicted octanol–water partition coefficient (Wildman–Crippen LogP) is 3.72. The fourth-order valence-corrected chi connectivity index (χ4v) is 5.28. The molecule has 0 aliphatic carbocycles. The Hall–Kier alpha value is -0.180. The molecule has 1 aromatic carbocycles. The first-order chi connectivity index (χ1) is 8.34. The van der Waals surface area contributed by atoms with Gasteiger partial charge in [-0.25, -0.2) is 17.4 Å².